The molecule has 5 heteroatoms. The minimum absolute atomic E-state index is 0.202. The zero-order valence-corrected chi connectivity index (χ0v) is 11.0. The quantitative estimate of drug-likeness (QED) is 0.944. The largest absolute Gasteiger partial charge is 0.508 e. The van der Waals surface area contributed by atoms with Crippen molar-refractivity contribution in [3.05, 3.63) is 40.9 Å². The predicted octanol–water partition coefficient (Wildman–Crippen LogP) is 2.95. The molecule has 0 saturated heterocycles. The molecule has 2 aromatic rings. The molecule has 0 bridgehead atoms. The zero-order valence-electron chi connectivity index (χ0n) is 9.43. The van der Waals surface area contributed by atoms with E-state index in [9.17, 15) is 5.11 Å². The van der Waals surface area contributed by atoms with E-state index in [-0.39, 0.29) is 5.75 Å². The molecule has 1 aromatic carbocycles. The van der Waals surface area contributed by atoms with Crippen molar-refractivity contribution in [2.24, 2.45) is 0 Å². The summed E-state index contributed by atoms with van der Waals surface area (Å²) in [5.41, 5.74) is 0.989. The first-order chi connectivity index (χ1) is 8.20. The van der Waals surface area contributed by atoms with Gasteiger partial charge in [0.2, 0.25) is 0 Å². The topological polar surface area (TPSA) is 47.3 Å². The minimum atomic E-state index is 0.202. The molecule has 17 heavy (non-hydrogen) atoms. The van der Waals surface area contributed by atoms with Crippen LogP contribution in [0.25, 0.3) is 0 Å². The number of phenols is 1. The fourth-order valence-corrected chi connectivity index (χ4v) is 2.15. The van der Waals surface area contributed by atoms with Gasteiger partial charge in [-0.05, 0) is 35.0 Å². The second-order valence-electron chi connectivity index (χ2n) is 3.55. The lowest BCUT2D eigenvalue weighted by Gasteiger charge is -2.08. The first kappa shape index (κ1) is 12.0. The number of imidazole rings is 1. The smallest absolute Gasteiger partial charge is 0.177 e. The van der Waals surface area contributed by atoms with E-state index in [1.54, 1.807) is 30.5 Å². The van der Waals surface area contributed by atoms with Gasteiger partial charge >= 0.3 is 0 Å². The van der Waals surface area contributed by atoms with Crippen molar-refractivity contribution in [1.29, 1.82) is 0 Å². The van der Waals surface area contributed by atoms with Crippen molar-refractivity contribution < 1.29 is 9.84 Å². The average molecular weight is 297 g/mol. The number of aromatic hydroxyl groups is 1. The van der Waals surface area contributed by atoms with Crippen LogP contribution in [0.5, 0.6) is 11.5 Å². The van der Waals surface area contributed by atoms with Crippen LogP contribution in [-0.4, -0.2) is 14.7 Å². The second-order valence-corrected chi connectivity index (χ2v) is 4.26. The number of aromatic nitrogens is 2. The van der Waals surface area contributed by atoms with E-state index in [0.717, 1.165) is 17.0 Å². The normalized spacial score (nSPS) is 10.5. The lowest BCUT2D eigenvalue weighted by Crippen LogP contribution is -2.04. The van der Waals surface area contributed by atoms with Crippen LogP contribution in [0.3, 0.4) is 0 Å². The van der Waals surface area contributed by atoms with E-state index in [1.165, 1.54) is 0 Å². The molecule has 1 aromatic heterocycles. The number of hydrogen-bond donors (Lipinski definition) is 1. The molecule has 0 amide bonds. The molecule has 0 spiro atoms. The van der Waals surface area contributed by atoms with Crippen molar-refractivity contribution in [3.63, 3.8) is 0 Å². The third kappa shape index (κ3) is 2.79. The minimum Gasteiger partial charge on any atom is -0.508 e. The Kier molecular flexibility index (Phi) is 3.68. The molecule has 0 aliphatic rings. The molecular formula is C12H13BrN2O2. The summed E-state index contributed by atoms with van der Waals surface area (Å²) in [4.78, 5) is 4.17. The molecule has 0 radical (unpaired) electrons. The van der Waals surface area contributed by atoms with Gasteiger partial charge in [0.25, 0.3) is 0 Å². The maximum Gasteiger partial charge on any atom is 0.177 e. The Bertz CT molecular complexity index is 511. The monoisotopic (exact) mass is 296 g/mol. The molecule has 0 atom stereocenters. The summed E-state index contributed by atoms with van der Waals surface area (Å²) < 4.78 is 8.40. The Balaban J connectivity index is 2.07. The number of nitrogens with zero attached hydrogens (tertiary/aromatic N) is 2. The highest BCUT2D eigenvalue weighted by molar-refractivity contribution is 9.10. The van der Waals surface area contributed by atoms with Gasteiger partial charge in [-0.25, -0.2) is 4.98 Å². The Labute approximate surface area is 108 Å². The number of phenolic OH excluding ortho intramolecular Hbond substituents is 1. The number of ether oxygens (including phenoxy) is 1. The maximum absolute atomic E-state index is 9.31. The molecular weight excluding hydrogens is 284 g/mol. The fraction of sp³-hybridized carbons (Fsp3) is 0.250. The van der Waals surface area contributed by atoms with Gasteiger partial charge in [-0.15, -0.1) is 0 Å². The van der Waals surface area contributed by atoms with Gasteiger partial charge in [0.15, 0.2) is 4.73 Å². The summed E-state index contributed by atoms with van der Waals surface area (Å²) in [6.45, 7) is 3.31. The Morgan fingerprint density at radius 3 is 3.00 bits per heavy atom. The highest BCUT2D eigenvalue weighted by Gasteiger charge is 2.06. The van der Waals surface area contributed by atoms with Gasteiger partial charge in [0.05, 0.1) is 11.9 Å². The summed E-state index contributed by atoms with van der Waals surface area (Å²) in [7, 11) is 0. The zero-order chi connectivity index (χ0) is 12.3. The average Bonchev–Trinajstić information content (AvgIpc) is 2.67. The van der Waals surface area contributed by atoms with Crippen LogP contribution >= 0.6 is 15.9 Å². The molecule has 1 heterocycles. The first-order valence-corrected chi connectivity index (χ1v) is 6.11. The van der Waals surface area contributed by atoms with Gasteiger partial charge in [-0.3, -0.25) is 0 Å². The van der Waals surface area contributed by atoms with Gasteiger partial charge in [0, 0.05) is 12.6 Å². The predicted molar refractivity (Wildman–Crippen MR) is 68.0 cm³/mol. The van der Waals surface area contributed by atoms with Crippen LogP contribution < -0.4 is 4.74 Å². The van der Waals surface area contributed by atoms with Crippen molar-refractivity contribution in [2.75, 3.05) is 0 Å². The number of hydrogen-bond acceptors (Lipinski definition) is 3. The van der Waals surface area contributed by atoms with Crippen molar-refractivity contribution >= 4 is 15.9 Å². The lowest BCUT2D eigenvalue weighted by molar-refractivity contribution is 0.293. The van der Waals surface area contributed by atoms with Gasteiger partial charge in [-0.1, -0.05) is 6.07 Å². The van der Waals surface area contributed by atoms with Crippen LogP contribution in [0, 0.1) is 0 Å². The van der Waals surface area contributed by atoms with Gasteiger partial charge < -0.3 is 14.4 Å². The molecule has 0 aliphatic carbocycles. The third-order valence-electron chi connectivity index (χ3n) is 2.41. The van der Waals surface area contributed by atoms with Crippen LogP contribution in [0.1, 0.15) is 12.6 Å². The number of benzene rings is 1. The van der Waals surface area contributed by atoms with Gasteiger partial charge in [-0.2, -0.15) is 0 Å². The first-order valence-electron chi connectivity index (χ1n) is 5.32. The molecule has 90 valence electrons. The van der Waals surface area contributed by atoms with Crippen molar-refractivity contribution in [1.82, 2.24) is 9.55 Å². The summed E-state index contributed by atoms with van der Waals surface area (Å²) in [5, 5.41) is 9.31. The van der Waals surface area contributed by atoms with E-state index in [1.807, 2.05) is 11.5 Å². The van der Waals surface area contributed by atoms with E-state index in [0.29, 0.717) is 12.4 Å². The van der Waals surface area contributed by atoms with E-state index >= 15 is 0 Å². The van der Waals surface area contributed by atoms with Crippen LogP contribution in [0.2, 0.25) is 0 Å². The number of rotatable bonds is 4. The molecule has 0 unspecified atom stereocenters. The number of halogens is 1. The second kappa shape index (κ2) is 5.23. The van der Waals surface area contributed by atoms with E-state index < -0.39 is 0 Å². The SMILES string of the molecule is CCn1c(COc2cccc(O)c2)cnc1Br. The van der Waals surface area contributed by atoms with Crippen LogP contribution in [0.4, 0.5) is 0 Å². The fourth-order valence-electron chi connectivity index (χ4n) is 1.56. The van der Waals surface area contributed by atoms with Crippen LogP contribution in [0.15, 0.2) is 35.2 Å². The Morgan fingerprint density at radius 2 is 2.29 bits per heavy atom. The standard InChI is InChI=1S/C12H13BrN2O2/c1-2-15-9(7-14-12(15)13)8-17-11-5-3-4-10(16)6-11/h3-7,16H,2,8H2,1H3. The molecule has 4 nitrogen and oxygen atoms in total. The van der Waals surface area contributed by atoms with Crippen molar-refractivity contribution in [3.8, 4) is 11.5 Å². The summed E-state index contributed by atoms with van der Waals surface area (Å²) in [5.74, 6) is 0.845. The van der Waals surface area contributed by atoms with E-state index in [2.05, 4.69) is 20.9 Å². The summed E-state index contributed by atoms with van der Waals surface area (Å²) >= 11 is 3.37. The molecule has 0 fully saturated rings. The lowest BCUT2D eigenvalue weighted by atomic mass is 10.3. The van der Waals surface area contributed by atoms with Crippen LogP contribution in [-0.2, 0) is 13.2 Å². The molecule has 0 aliphatic heterocycles. The van der Waals surface area contributed by atoms with Crippen molar-refractivity contribution in [2.45, 2.75) is 20.1 Å². The molecule has 2 rings (SSSR count). The molecule has 0 saturated carbocycles. The Hall–Kier alpha value is -1.49. The third-order valence-corrected chi connectivity index (χ3v) is 3.04. The molecule has 1 N–H and O–H groups in total. The highest BCUT2D eigenvalue weighted by atomic mass is 79.9. The maximum atomic E-state index is 9.31. The Morgan fingerprint density at radius 1 is 1.47 bits per heavy atom. The van der Waals surface area contributed by atoms with Gasteiger partial charge in [0.1, 0.15) is 18.1 Å². The summed E-state index contributed by atoms with van der Waals surface area (Å²) in [6, 6.07) is 6.75. The summed E-state index contributed by atoms with van der Waals surface area (Å²) in [6.07, 6.45) is 1.77. The highest BCUT2D eigenvalue weighted by Crippen LogP contribution is 2.19. The van der Waals surface area contributed by atoms with E-state index in [4.69, 9.17) is 4.74 Å².